The third-order valence-corrected chi connectivity index (χ3v) is 4.86. The second-order valence-electron chi connectivity index (χ2n) is 7.20. The summed E-state index contributed by atoms with van der Waals surface area (Å²) < 4.78 is 5.78. The van der Waals surface area contributed by atoms with Crippen LogP contribution in [0.4, 0.5) is 0 Å². The van der Waals surface area contributed by atoms with Gasteiger partial charge in [0.15, 0.2) is 0 Å². The van der Waals surface area contributed by atoms with Crippen LogP contribution in [0.25, 0.3) is 0 Å². The predicted octanol–water partition coefficient (Wildman–Crippen LogP) is 2.57. The highest BCUT2D eigenvalue weighted by molar-refractivity contribution is 5.94. The Hall–Kier alpha value is -0.850. The van der Waals surface area contributed by atoms with Gasteiger partial charge < -0.3 is 15.0 Å². The first-order valence-electron chi connectivity index (χ1n) is 9.01. The van der Waals surface area contributed by atoms with Gasteiger partial charge in [0.05, 0.1) is 12.2 Å². The van der Waals surface area contributed by atoms with Gasteiger partial charge in [-0.25, -0.2) is 0 Å². The van der Waals surface area contributed by atoms with Crippen LogP contribution in [-0.4, -0.2) is 66.7 Å². The summed E-state index contributed by atoms with van der Waals surface area (Å²) in [6, 6.07) is 8.37. The summed E-state index contributed by atoms with van der Waals surface area (Å²) in [5.74, 6) is 0.143. The van der Waals surface area contributed by atoms with Crippen molar-refractivity contribution in [2.45, 2.75) is 45.6 Å². The van der Waals surface area contributed by atoms with Crippen molar-refractivity contribution in [1.82, 2.24) is 15.1 Å². The summed E-state index contributed by atoms with van der Waals surface area (Å²) in [7, 11) is 0. The molecule has 3 atom stereocenters. The zero-order valence-electron chi connectivity index (χ0n) is 15.8. The largest absolute Gasteiger partial charge is 0.373 e. The van der Waals surface area contributed by atoms with E-state index in [9.17, 15) is 4.79 Å². The highest BCUT2D eigenvalue weighted by atomic mass is 35.5. The lowest BCUT2D eigenvalue weighted by atomic mass is 10.1. The van der Waals surface area contributed by atoms with Gasteiger partial charge in [0, 0.05) is 50.9 Å². The Bertz CT molecular complexity index is 560. The molecule has 0 radical (unpaired) electrons. The molecular formula is C19H31Cl2N3O2. The second-order valence-corrected chi connectivity index (χ2v) is 7.20. The van der Waals surface area contributed by atoms with Crippen LogP contribution in [0, 0.1) is 0 Å². The summed E-state index contributed by atoms with van der Waals surface area (Å²) in [6.45, 7) is 11.7. The van der Waals surface area contributed by atoms with Crippen LogP contribution in [0.15, 0.2) is 24.3 Å². The molecule has 2 aliphatic heterocycles. The molecule has 0 aliphatic carbocycles. The fourth-order valence-electron chi connectivity index (χ4n) is 3.73. The Morgan fingerprint density at radius 2 is 1.73 bits per heavy atom. The van der Waals surface area contributed by atoms with Gasteiger partial charge in [-0.15, -0.1) is 24.8 Å². The number of ether oxygens (including phenoxy) is 1. The van der Waals surface area contributed by atoms with Gasteiger partial charge in [0.25, 0.3) is 5.91 Å². The average Bonchev–Trinajstić information content (AvgIpc) is 2.54. The number of nitrogens with zero attached hydrogens (tertiary/aromatic N) is 2. The summed E-state index contributed by atoms with van der Waals surface area (Å²) in [5, 5.41) is 3.32. The summed E-state index contributed by atoms with van der Waals surface area (Å²) >= 11 is 0. The molecule has 1 aromatic rings. The monoisotopic (exact) mass is 403 g/mol. The minimum Gasteiger partial charge on any atom is -0.373 e. The number of hydrogen-bond acceptors (Lipinski definition) is 4. The fourth-order valence-corrected chi connectivity index (χ4v) is 3.73. The standard InChI is InChI=1S/C19H29N3O2.2ClH/c1-14-10-20-8-9-22(14)19(23)18-6-4-17(5-7-18)13-21-11-15(2)24-16(3)12-21;;/h4-7,14-16,20H,8-13H2,1-3H3;2*1H/t14-,15?,16?;;/m1../s1. The van der Waals surface area contributed by atoms with Crippen molar-refractivity contribution in [3.63, 3.8) is 0 Å². The van der Waals surface area contributed by atoms with Crippen LogP contribution < -0.4 is 5.32 Å². The Balaban J connectivity index is 0.00000169. The normalized spacial score (nSPS) is 26.6. The molecule has 0 saturated carbocycles. The lowest BCUT2D eigenvalue weighted by molar-refractivity contribution is -0.0704. The first kappa shape index (κ1) is 23.2. The molecule has 2 aliphatic rings. The van der Waals surface area contributed by atoms with Crippen molar-refractivity contribution in [2.24, 2.45) is 0 Å². The molecule has 3 rings (SSSR count). The van der Waals surface area contributed by atoms with Crippen LogP contribution in [0.5, 0.6) is 0 Å². The maximum atomic E-state index is 12.7. The smallest absolute Gasteiger partial charge is 0.254 e. The molecule has 0 bridgehead atoms. The summed E-state index contributed by atoms with van der Waals surface area (Å²) in [4.78, 5) is 17.1. The number of halogens is 2. The Morgan fingerprint density at radius 3 is 2.31 bits per heavy atom. The predicted molar refractivity (Wildman–Crippen MR) is 110 cm³/mol. The Labute approximate surface area is 169 Å². The number of amides is 1. The van der Waals surface area contributed by atoms with E-state index in [4.69, 9.17) is 4.74 Å². The minimum atomic E-state index is 0. The first-order chi connectivity index (χ1) is 11.5. The minimum absolute atomic E-state index is 0. The number of benzene rings is 1. The first-order valence-corrected chi connectivity index (χ1v) is 9.01. The molecule has 2 unspecified atom stereocenters. The maximum Gasteiger partial charge on any atom is 0.254 e. The van der Waals surface area contributed by atoms with Gasteiger partial charge in [-0.05, 0) is 38.5 Å². The highest BCUT2D eigenvalue weighted by Gasteiger charge is 2.24. The van der Waals surface area contributed by atoms with Crippen molar-refractivity contribution in [3.05, 3.63) is 35.4 Å². The Kier molecular flexibility index (Phi) is 9.34. The van der Waals surface area contributed by atoms with Crippen LogP contribution in [-0.2, 0) is 11.3 Å². The molecule has 2 fully saturated rings. The number of nitrogens with one attached hydrogen (secondary N) is 1. The fraction of sp³-hybridized carbons (Fsp3) is 0.632. The quantitative estimate of drug-likeness (QED) is 0.841. The van der Waals surface area contributed by atoms with E-state index in [1.165, 1.54) is 5.56 Å². The Morgan fingerprint density at radius 1 is 1.12 bits per heavy atom. The van der Waals surface area contributed by atoms with E-state index in [1.54, 1.807) is 0 Å². The van der Waals surface area contributed by atoms with Crippen LogP contribution in [0.2, 0.25) is 0 Å². The molecule has 7 heteroatoms. The number of piperazine rings is 1. The third kappa shape index (κ3) is 5.83. The van der Waals surface area contributed by atoms with E-state index >= 15 is 0 Å². The molecule has 1 N–H and O–H groups in total. The maximum absolute atomic E-state index is 12.7. The topological polar surface area (TPSA) is 44.8 Å². The highest BCUT2D eigenvalue weighted by Crippen LogP contribution is 2.16. The SMILES string of the molecule is CC1CN(Cc2ccc(C(=O)N3CCNC[C@H]3C)cc2)CC(C)O1.Cl.Cl. The third-order valence-electron chi connectivity index (χ3n) is 4.86. The van der Waals surface area contributed by atoms with E-state index in [2.05, 4.69) is 43.1 Å². The zero-order chi connectivity index (χ0) is 17.1. The molecule has 2 saturated heterocycles. The van der Waals surface area contributed by atoms with Gasteiger partial charge in [-0.3, -0.25) is 9.69 Å². The second kappa shape index (κ2) is 10.5. The molecular weight excluding hydrogens is 373 g/mol. The molecule has 148 valence electrons. The summed E-state index contributed by atoms with van der Waals surface area (Å²) in [5.41, 5.74) is 2.04. The van der Waals surface area contributed by atoms with Crippen molar-refractivity contribution < 1.29 is 9.53 Å². The van der Waals surface area contributed by atoms with E-state index in [-0.39, 0.29) is 49.0 Å². The average molecular weight is 404 g/mol. The van der Waals surface area contributed by atoms with E-state index in [0.717, 1.165) is 44.8 Å². The van der Waals surface area contributed by atoms with Gasteiger partial charge in [0.1, 0.15) is 0 Å². The molecule has 0 spiro atoms. The van der Waals surface area contributed by atoms with Crippen LogP contribution in [0.1, 0.15) is 36.7 Å². The van der Waals surface area contributed by atoms with E-state index < -0.39 is 0 Å². The summed E-state index contributed by atoms with van der Waals surface area (Å²) in [6.07, 6.45) is 0.563. The molecule has 0 aromatic heterocycles. The van der Waals surface area contributed by atoms with E-state index in [1.807, 2.05) is 17.0 Å². The number of carbonyl (C=O) groups excluding carboxylic acids is 1. The van der Waals surface area contributed by atoms with Crippen molar-refractivity contribution >= 4 is 30.7 Å². The van der Waals surface area contributed by atoms with Crippen LogP contribution in [0.3, 0.4) is 0 Å². The number of morpholine rings is 1. The van der Waals surface area contributed by atoms with Crippen molar-refractivity contribution in [1.29, 1.82) is 0 Å². The van der Waals surface area contributed by atoms with Crippen LogP contribution >= 0.6 is 24.8 Å². The molecule has 26 heavy (non-hydrogen) atoms. The molecule has 2 heterocycles. The number of rotatable bonds is 3. The molecule has 1 amide bonds. The lowest BCUT2D eigenvalue weighted by Crippen LogP contribution is -2.52. The van der Waals surface area contributed by atoms with Crippen molar-refractivity contribution in [2.75, 3.05) is 32.7 Å². The van der Waals surface area contributed by atoms with E-state index in [0.29, 0.717) is 0 Å². The van der Waals surface area contributed by atoms with Gasteiger partial charge in [-0.2, -0.15) is 0 Å². The molecule has 5 nitrogen and oxygen atoms in total. The van der Waals surface area contributed by atoms with Gasteiger partial charge >= 0.3 is 0 Å². The van der Waals surface area contributed by atoms with Crippen molar-refractivity contribution in [3.8, 4) is 0 Å². The number of carbonyl (C=O) groups is 1. The molecule has 1 aromatic carbocycles. The zero-order valence-corrected chi connectivity index (χ0v) is 17.4. The lowest BCUT2D eigenvalue weighted by Gasteiger charge is -2.35. The van der Waals surface area contributed by atoms with Gasteiger partial charge in [0.2, 0.25) is 0 Å². The van der Waals surface area contributed by atoms with Gasteiger partial charge in [-0.1, -0.05) is 12.1 Å². The number of hydrogen-bond donors (Lipinski definition) is 1.